The maximum absolute atomic E-state index is 11.6. The Morgan fingerprint density at radius 2 is 1.80 bits per heavy atom. The van der Waals surface area contributed by atoms with E-state index in [9.17, 15) is 4.79 Å². The van der Waals surface area contributed by atoms with Crippen LogP contribution in [0.3, 0.4) is 0 Å². The van der Waals surface area contributed by atoms with E-state index in [0.29, 0.717) is 0 Å². The van der Waals surface area contributed by atoms with Crippen LogP contribution in [0.25, 0.3) is 0 Å². The number of esters is 1. The van der Waals surface area contributed by atoms with Gasteiger partial charge in [0.2, 0.25) is 0 Å². The zero-order valence-corrected chi connectivity index (χ0v) is 9.95. The number of piperidine rings is 1. The van der Waals surface area contributed by atoms with Crippen LogP contribution in [0.15, 0.2) is 0 Å². The van der Waals surface area contributed by atoms with E-state index in [2.05, 4.69) is 0 Å². The van der Waals surface area contributed by atoms with Gasteiger partial charge >= 0.3 is 5.97 Å². The fourth-order valence-electron chi connectivity index (χ4n) is 1.52. The van der Waals surface area contributed by atoms with Crippen molar-refractivity contribution in [2.75, 3.05) is 13.1 Å². The molecule has 5 nitrogen and oxygen atoms in total. The first kappa shape index (κ1) is 14.3. The van der Waals surface area contributed by atoms with Gasteiger partial charge in [-0.2, -0.15) is 0 Å². The average Bonchev–Trinajstić information content (AvgIpc) is 2.02. The quantitative estimate of drug-likeness (QED) is 0.506. The Balaban J connectivity index is 0.00000196. The van der Waals surface area contributed by atoms with Crippen LogP contribution in [0.5, 0.6) is 0 Å². The third-order valence-corrected chi connectivity index (χ3v) is 2.27. The molecule has 0 aromatic heterocycles. The summed E-state index contributed by atoms with van der Waals surface area (Å²) in [5.41, 5.74) is -0.378. The summed E-state index contributed by atoms with van der Waals surface area (Å²) >= 11 is 0. The molecule has 0 unspecified atom stereocenters. The number of rotatable bonds is 1. The first-order chi connectivity index (χ1) is 6.38. The van der Waals surface area contributed by atoms with Crippen LogP contribution in [-0.2, 0) is 9.53 Å². The predicted octanol–water partition coefficient (Wildman–Crippen LogP) is 1.08. The van der Waals surface area contributed by atoms with E-state index in [1.54, 1.807) is 5.01 Å². The van der Waals surface area contributed by atoms with Crippen LogP contribution in [0, 0.1) is 5.92 Å². The largest absolute Gasteiger partial charge is 0.460 e. The van der Waals surface area contributed by atoms with Gasteiger partial charge in [-0.3, -0.25) is 10.6 Å². The maximum Gasteiger partial charge on any atom is 0.309 e. The third-order valence-electron chi connectivity index (χ3n) is 2.27. The second-order valence-corrected chi connectivity index (χ2v) is 4.84. The summed E-state index contributed by atoms with van der Waals surface area (Å²) in [6.07, 6.45) is 1.62. The first-order valence-electron chi connectivity index (χ1n) is 5.11. The van der Waals surface area contributed by atoms with Crippen molar-refractivity contribution in [1.29, 1.82) is 0 Å². The topological polar surface area (TPSA) is 90.6 Å². The van der Waals surface area contributed by atoms with E-state index in [1.807, 2.05) is 20.8 Å². The molecule has 5 heteroatoms. The van der Waals surface area contributed by atoms with Crippen LogP contribution in [0.1, 0.15) is 33.6 Å². The molecule has 0 bridgehead atoms. The molecule has 5 N–H and O–H groups in total. The lowest BCUT2D eigenvalue weighted by molar-refractivity contribution is -0.161. The Bertz CT molecular complexity index is 205. The molecule has 0 atom stereocenters. The molecule has 1 aliphatic heterocycles. The minimum atomic E-state index is -0.378. The molecule has 0 spiro atoms. The average molecular weight is 217 g/mol. The van der Waals surface area contributed by atoms with Crippen LogP contribution >= 0.6 is 0 Å². The zero-order chi connectivity index (χ0) is 10.8. The second-order valence-electron chi connectivity index (χ2n) is 4.84. The summed E-state index contributed by atoms with van der Waals surface area (Å²) in [7, 11) is 0. The molecule has 1 aliphatic rings. The number of hydrazine groups is 1. The monoisotopic (exact) mass is 217 g/mol. The normalized spacial score (nSPS) is 19.5. The minimum Gasteiger partial charge on any atom is -0.460 e. The van der Waals surface area contributed by atoms with Crippen molar-refractivity contribution < 1.29 is 9.53 Å². The molecule has 90 valence electrons. The van der Waals surface area contributed by atoms with Crippen LogP contribution in [0.2, 0.25) is 0 Å². The Morgan fingerprint density at radius 1 is 1.33 bits per heavy atom. The highest BCUT2D eigenvalue weighted by Gasteiger charge is 2.27. The van der Waals surface area contributed by atoms with Gasteiger partial charge in [-0.25, -0.2) is 5.01 Å². The smallest absolute Gasteiger partial charge is 0.309 e. The van der Waals surface area contributed by atoms with Crippen molar-refractivity contribution >= 4 is 5.97 Å². The number of hydrogen-bond donors (Lipinski definition) is 2. The number of nitrogens with two attached hydrogens (primary N) is 1. The van der Waals surface area contributed by atoms with E-state index in [1.165, 1.54) is 0 Å². The van der Waals surface area contributed by atoms with E-state index >= 15 is 0 Å². The predicted molar refractivity (Wildman–Crippen MR) is 59.4 cm³/mol. The molecule has 1 saturated heterocycles. The van der Waals surface area contributed by atoms with Gasteiger partial charge in [-0.15, -0.1) is 0 Å². The van der Waals surface area contributed by atoms with Crippen molar-refractivity contribution in [1.82, 2.24) is 11.2 Å². The Hall–Kier alpha value is -0.650. The lowest BCUT2D eigenvalue weighted by Gasteiger charge is -2.29. The summed E-state index contributed by atoms with van der Waals surface area (Å²) < 4.78 is 5.31. The number of hydrogen-bond acceptors (Lipinski definition) is 5. The lowest BCUT2D eigenvalue weighted by Crippen LogP contribution is -2.42. The first-order valence-corrected chi connectivity index (χ1v) is 5.11. The minimum absolute atomic E-state index is 0. The van der Waals surface area contributed by atoms with Crippen molar-refractivity contribution in [3.05, 3.63) is 0 Å². The van der Waals surface area contributed by atoms with E-state index in [0.717, 1.165) is 25.9 Å². The summed E-state index contributed by atoms with van der Waals surface area (Å²) in [5, 5.41) is 1.75. The Labute approximate surface area is 91.5 Å². The highest BCUT2D eigenvalue weighted by Crippen LogP contribution is 2.19. The molecule has 1 fully saturated rings. The van der Waals surface area contributed by atoms with Gasteiger partial charge in [0.15, 0.2) is 0 Å². The highest BCUT2D eigenvalue weighted by molar-refractivity contribution is 5.73. The van der Waals surface area contributed by atoms with Gasteiger partial charge in [-0.1, -0.05) is 0 Å². The standard InChI is InChI=1S/C10H20N2O2.H3N/c1-10(2,3)14-9(13)8-4-6-12(11)7-5-8;/h8H,4-7,11H2,1-3H3;1H3. The van der Waals surface area contributed by atoms with Gasteiger partial charge in [0.1, 0.15) is 5.60 Å². The molecule has 0 radical (unpaired) electrons. The zero-order valence-electron chi connectivity index (χ0n) is 9.95. The number of nitrogens with zero attached hydrogens (tertiary/aromatic N) is 1. The molecule has 1 rings (SSSR count). The second kappa shape index (κ2) is 5.44. The Morgan fingerprint density at radius 3 is 2.20 bits per heavy atom. The molecular formula is C10H23N3O2. The number of carbonyl (C=O) groups excluding carboxylic acids is 1. The van der Waals surface area contributed by atoms with E-state index in [-0.39, 0.29) is 23.6 Å². The summed E-state index contributed by atoms with van der Waals surface area (Å²) in [6, 6.07) is 0. The lowest BCUT2D eigenvalue weighted by atomic mass is 9.98. The summed E-state index contributed by atoms with van der Waals surface area (Å²) in [6.45, 7) is 7.24. The SMILES string of the molecule is CC(C)(C)OC(=O)C1CCN(N)CC1.N. The van der Waals surface area contributed by atoms with Crippen molar-refractivity contribution in [2.45, 2.75) is 39.2 Å². The van der Waals surface area contributed by atoms with Crippen LogP contribution < -0.4 is 12.0 Å². The maximum atomic E-state index is 11.6. The number of carbonyl (C=O) groups is 1. The summed E-state index contributed by atoms with van der Waals surface area (Å²) in [5.74, 6) is 5.56. The molecular weight excluding hydrogens is 194 g/mol. The van der Waals surface area contributed by atoms with Crippen LogP contribution in [0.4, 0.5) is 0 Å². The molecule has 0 aliphatic carbocycles. The van der Waals surface area contributed by atoms with Gasteiger partial charge in [0.05, 0.1) is 5.92 Å². The molecule has 15 heavy (non-hydrogen) atoms. The van der Waals surface area contributed by atoms with Gasteiger partial charge in [0.25, 0.3) is 0 Å². The van der Waals surface area contributed by atoms with Crippen molar-refractivity contribution in [3.8, 4) is 0 Å². The van der Waals surface area contributed by atoms with Gasteiger partial charge in [0, 0.05) is 13.1 Å². The molecule has 0 aromatic rings. The fraction of sp³-hybridized carbons (Fsp3) is 0.900. The van der Waals surface area contributed by atoms with E-state index < -0.39 is 0 Å². The molecule has 0 aromatic carbocycles. The molecule has 1 heterocycles. The van der Waals surface area contributed by atoms with Crippen molar-refractivity contribution in [2.24, 2.45) is 11.8 Å². The third kappa shape index (κ3) is 5.11. The van der Waals surface area contributed by atoms with Crippen molar-refractivity contribution in [3.63, 3.8) is 0 Å². The summed E-state index contributed by atoms with van der Waals surface area (Å²) in [4.78, 5) is 11.6. The van der Waals surface area contributed by atoms with E-state index in [4.69, 9.17) is 10.6 Å². The Kier molecular flexibility index (Phi) is 5.20. The highest BCUT2D eigenvalue weighted by atomic mass is 16.6. The molecule has 0 amide bonds. The van der Waals surface area contributed by atoms with Crippen LogP contribution in [-0.4, -0.2) is 29.7 Å². The van der Waals surface area contributed by atoms with Gasteiger partial charge < -0.3 is 10.9 Å². The fourth-order valence-corrected chi connectivity index (χ4v) is 1.52. The molecule has 0 saturated carbocycles. The van der Waals surface area contributed by atoms with Gasteiger partial charge in [-0.05, 0) is 33.6 Å². The number of ether oxygens (including phenoxy) is 1.